The second-order valence-corrected chi connectivity index (χ2v) is 8.72. The van der Waals surface area contributed by atoms with Crippen LogP contribution in [-0.4, -0.2) is 47.9 Å². The largest absolute Gasteiger partial charge is 0.372 e. The van der Waals surface area contributed by atoms with Crippen molar-refractivity contribution in [1.29, 1.82) is 0 Å². The van der Waals surface area contributed by atoms with Gasteiger partial charge in [0.2, 0.25) is 0 Å². The molecule has 0 bridgehead atoms. The molecule has 0 saturated carbocycles. The molecular formula is C28H33FN4O2. The van der Waals surface area contributed by atoms with E-state index in [4.69, 9.17) is 4.74 Å². The molecule has 3 rings (SSSR count). The fraction of sp³-hybridized carbons (Fsp3) is 0.357. The van der Waals surface area contributed by atoms with Crippen LogP contribution < -0.4 is 10.2 Å². The van der Waals surface area contributed by atoms with Gasteiger partial charge in [-0.15, -0.1) is 0 Å². The molecule has 0 unspecified atom stereocenters. The standard InChI is InChI=1S/C28H33FN4O2/c1-5-26(29)12-9-20(2)8-10-24-15-25(28(34)30-14-6-7-23-16-31-32-17-23)11-13-27(24)33-18-21(3)35-22(4)19-33/h5,9,11-13,15-17,21-22H,1,6-7,14,18-19H2,2-4H3,(H,30,34)(H,31,32)/b20-9+,26-12+/t21-,22+. The normalized spacial score (nSPS) is 18.6. The molecule has 2 atom stereocenters. The number of anilines is 1. The molecular weight excluding hydrogens is 443 g/mol. The van der Waals surface area contributed by atoms with Crippen molar-refractivity contribution in [3.63, 3.8) is 0 Å². The Hall–Kier alpha value is -3.63. The number of aromatic nitrogens is 2. The van der Waals surface area contributed by atoms with Crippen LogP contribution >= 0.6 is 0 Å². The van der Waals surface area contributed by atoms with E-state index in [0.717, 1.165) is 48.8 Å². The van der Waals surface area contributed by atoms with E-state index in [-0.39, 0.29) is 18.1 Å². The Morgan fingerprint density at radius 3 is 2.80 bits per heavy atom. The van der Waals surface area contributed by atoms with Crippen molar-refractivity contribution >= 4 is 11.6 Å². The summed E-state index contributed by atoms with van der Waals surface area (Å²) in [5.41, 5.74) is 4.07. The third-order valence-electron chi connectivity index (χ3n) is 5.58. The molecule has 2 aromatic rings. The van der Waals surface area contributed by atoms with Crippen LogP contribution in [0.4, 0.5) is 10.1 Å². The van der Waals surface area contributed by atoms with Gasteiger partial charge in [0, 0.05) is 37.0 Å². The van der Waals surface area contributed by atoms with Crippen LogP contribution in [-0.2, 0) is 11.2 Å². The third-order valence-corrected chi connectivity index (χ3v) is 5.58. The van der Waals surface area contributed by atoms with Gasteiger partial charge in [-0.05, 0) is 81.2 Å². The molecule has 2 heterocycles. The second kappa shape index (κ2) is 12.7. The lowest BCUT2D eigenvalue weighted by molar-refractivity contribution is -0.00523. The van der Waals surface area contributed by atoms with E-state index in [2.05, 4.69) is 38.8 Å². The van der Waals surface area contributed by atoms with Crippen LogP contribution in [0.25, 0.3) is 0 Å². The van der Waals surface area contributed by atoms with E-state index in [0.29, 0.717) is 17.7 Å². The number of ether oxygens (including phenoxy) is 1. The minimum atomic E-state index is -0.422. The highest BCUT2D eigenvalue weighted by atomic mass is 19.1. The molecule has 1 saturated heterocycles. The summed E-state index contributed by atoms with van der Waals surface area (Å²) in [6.07, 6.45) is 9.57. The molecule has 1 amide bonds. The number of nitrogens with zero attached hydrogens (tertiary/aromatic N) is 2. The minimum Gasteiger partial charge on any atom is -0.372 e. The van der Waals surface area contributed by atoms with Gasteiger partial charge in [0.1, 0.15) is 5.83 Å². The van der Waals surface area contributed by atoms with E-state index in [9.17, 15) is 9.18 Å². The van der Waals surface area contributed by atoms with Crippen LogP contribution in [0, 0.1) is 11.8 Å². The quantitative estimate of drug-likeness (QED) is 0.329. The van der Waals surface area contributed by atoms with E-state index in [1.165, 1.54) is 6.08 Å². The lowest BCUT2D eigenvalue weighted by Crippen LogP contribution is -2.45. The smallest absolute Gasteiger partial charge is 0.251 e. The number of benzene rings is 1. The van der Waals surface area contributed by atoms with Gasteiger partial charge in [0.15, 0.2) is 0 Å². The van der Waals surface area contributed by atoms with Crippen molar-refractivity contribution in [2.45, 2.75) is 45.8 Å². The Morgan fingerprint density at radius 2 is 2.11 bits per heavy atom. The number of aryl methyl sites for hydroxylation is 1. The van der Waals surface area contributed by atoms with Gasteiger partial charge in [-0.1, -0.05) is 18.4 Å². The third kappa shape index (κ3) is 7.97. The van der Waals surface area contributed by atoms with E-state index in [1.54, 1.807) is 12.3 Å². The molecule has 0 radical (unpaired) electrons. The van der Waals surface area contributed by atoms with E-state index >= 15 is 0 Å². The molecule has 1 fully saturated rings. The van der Waals surface area contributed by atoms with E-state index in [1.807, 2.05) is 45.2 Å². The number of morpholine rings is 1. The molecule has 7 heteroatoms. The number of H-pyrrole nitrogens is 1. The van der Waals surface area contributed by atoms with Crippen molar-refractivity contribution in [3.8, 4) is 11.8 Å². The van der Waals surface area contributed by atoms with E-state index < -0.39 is 5.83 Å². The maximum atomic E-state index is 13.4. The second-order valence-electron chi connectivity index (χ2n) is 8.72. The number of allylic oxidation sites excluding steroid dienone is 5. The Bertz CT molecular complexity index is 1130. The van der Waals surface area contributed by atoms with Gasteiger partial charge >= 0.3 is 0 Å². The van der Waals surface area contributed by atoms with Gasteiger partial charge < -0.3 is 15.0 Å². The monoisotopic (exact) mass is 476 g/mol. The number of aromatic amines is 1. The first-order valence-corrected chi connectivity index (χ1v) is 11.8. The van der Waals surface area contributed by atoms with Crippen molar-refractivity contribution in [3.05, 3.63) is 83.5 Å². The average molecular weight is 477 g/mol. The molecule has 1 aromatic heterocycles. The van der Waals surface area contributed by atoms with Crippen LogP contribution in [0.1, 0.15) is 48.7 Å². The van der Waals surface area contributed by atoms with Crippen LogP contribution in [0.2, 0.25) is 0 Å². The summed E-state index contributed by atoms with van der Waals surface area (Å²) < 4.78 is 19.2. The van der Waals surface area contributed by atoms with Crippen LogP contribution in [0.5, 0.6) is 0 Å². The van der Waals surface area contributed by atoms with Gasteiger partial charge in [-0.25, -0.2) is 4.39 Å². The molecule has 1 aromatic carbocycles. The first-order chi connectivity index (χ1) is 16.9. The van der Waals surface area contributed by atoms with Crippen LogP contribution in [0.15, 0.2) is 66.8 Å². The van der Waals surface area contributed by atoms with Gasteiger partial charge in [-0.3, -0.25) is 9.89 Å². The zero-order valence-corrected chi connectivity index (χ0v) is 20.6. The Labute approximate surface area is 206 Å². The zero-order valence-electron chi connectivity index (χ0n) is 20.6. The van der Waals surface area contributed by atoms with Crippen LogP contribution in [0.3, 0.4) is 0 Å². The fourth-order valence-electron chi connectivity index (χ4n) is 3.92. The first kappa shape index (κ1) is 26.0. The molecule has 6 nitrogen and oxygen atoms in total. The number of hydrogen-bond donors (Lipinski definition) is 2. The summed E-state index contributed by atoms with van der Waals surface area (Å²) in [6.45, 7) is 11.4. The van der Waals surface area contributed by atoms with Crippen molar-refractivity contribution in [1.82, 2.24) is 15.5 Å². The fourth-order valence-corrected chi connectivity index (χ4v) is 3.92. The van der Waals surface area contributed by atoms with Gasteiger partial charge in [0.05, 0.1) is 24.1 Å². The predicted molar refractivity (Wildman–Crippen MR) is 138 cm³/mol. The van der Waals surface area contributed by atoms with Gasteiger partial charge in [-0.2, -0.15) is 5.10 Å². The summed E-state index contributed by atoms with van der Waals surface area (Å²) in [5.74, 6) is 5.71. The molecule has 1 aliphatic heterocycles. The summed E-state index contributed by atoms with van der Waals surface area (Å²) in [5, 5.41) is 9.71. The lowest BCUT2D eigenvalue weighted by atomic mass is 10.0. The number of halogens is 1. The minimum absolute atomic E-state index is 0.0893. The maximum absolute atomic E-state index is 13.4. The predicted octanol–water partition coefficient (Wildman–Crippen LogP) is 4.72. The van der Waals surface area contributed by atoms with Crippen molar-refractivity contribution in [2.24, 2.45) is 0 Å². The Kier molecular flexibility index (Phi) is 9.45. The summed E-state index contributed by atoms with van der Waals surface area (Å²) >= 11 is 0. The van der Waals surface area contributed by atoms with Crippen molar-refractivity contribution in [2.75, 3.05) is 24.5 Å². The Balaban J connectivity index is 1.80. The highest BCUT2D eigenvalue weighted by Crippen LogP contribution is 2.25. The number of rotatable bonds is 8. The number of carbonyl (C=O) groups is 1. The first-order valence-electron chi connectivity index (χ1n) is 11.8. The zero-order chi connectivity index (χ0) is 25.2. The topological polar surface area (TPSA) is 70.2 Å². The highest BCUT2D eigenvalue weighted by Gasteiger charge is 2.24. The highest BCUT2D eigenvalue weighted by molar-refractivity contribution is 5.95. The van der Waals surface area contributed by atoms with Crippen molar-refractivity contribution < 1.29 is 13.9 Å². The number of carbonyl (C=O) groups excluding carboxylic acids is 1. The molecule has 2 N–H and O–H groups in total. The Morgan fingerprint density at radius 1 is 1.34 bits per heavy atom. The SMILES string of the molecule is C=C/C(F)=C\C=C(/C)C#Cc1cc(C(=O)NCCCc2cn[nH]c2)ccc1N1C[C@@H](C)O[C@@H](C)C1. The molecule has 184 valence electrons. The summed E-state index contributed by atoms with van der Waals surface area (Å²) in [6, 6.07) is 5.61. The maximum Gasteiger partial charge on any atom is 0.251 e. The number of amides is 1. The molecule has 0 spiro atoms. The molecule has 35 heavy (non-hydrogen) atoms. The summed E-state index contributed by atoms with van der Waals surface area (Å²) in [7, 11) is 0. The summed E-state index contributed by atoms with van der Waals surface area (Å²) in [4.78, 5) is 15.1. The number of nitrogens with one attached hydrogen (secondary N) is 2. The van der Waals surface area contributed by atoms with Gasteiger partial charge in [0.25, 0.3) is 5.91 Å². The molecule has 0 aliphatic carbocycles. The number of hydrogen-bond acceptors (Lipinski definition) is 4. The molecule has 1 aliphatic rings. The average Bonchev–Trinajstić information content (AvgIpc) is 3.36. The lowest BCUT2D eigenvalue weighted by Gasteiger charge is -2.37.